The lowest BCUT2D eigenvalue weighted by molar-refractivity contribution is 0.0938. The SMILES string of the molecule is CCOc1ccc([C@H](C)NC(=O)c2cn(C)c3ccccc3c2=O)cc1F. The number of aryl methyl sites for hydroxylation is 1. The Morgan fingerprint density at radius 2 is 2.00 bits per heavy atom. The average molecular weight is 368 g/mol. The van der Waals surface area contributed by atoms with Gasteiger partial charge < -0.3 is 14.6 Å². The normalized spacial score (nSPS) is 12.0. The zero-order valence-corrected chi connectivity index (χ0v) is 15.5. The molecule has 0 aliphatic rings. The third-order valence-electron chi connectivity index (χ3n) is 4.44. The van der Waals surface area contributed by atoms with E-state index in [0.29, 0.717) is 17.6 Å². The predicted octanol–water partition coefficient (Wildman–Crippen LogP) is 3.57. The molecule has 1 heterocycles. The van der Waals surface area contributed by atoms with Crippen LogP contribution in [0.5, 0.6) is 5.75 Å². The zero-order chi connectivity index (χ0) is 19.6. The monoisotopic (exact) mass is 368 g/mol. The largest absolute Gasteiger partial charge is 0.491 e. The Morgan fingerprint density at radius 3 is 2.70 bits per heavy atom. The van der Waals surface area contributed by atoms with Gasteiger partial charge >= 0.3 is 0 Å². The lowest BCUT2D eigenvalue weighted by Gasteiger charge is -2.16. The van der Waals surface area contributed by atoms with Crippen LogP contribution >= 0.6 is 0 Å². The highest BCUT2D eigenvalue weighted by Gasteiger charge is 2.18. The van der Waals surface area contributed by atoms with Crippen molar-refractivity contribution in [3.8, 4) is 5.75 Å². The Balaban J connectivity index is 1.87. The summed E-state index contributed by atoms with van der Waals surface area (Å²) in [6.07, 6.45) is 1.52. The van der Waals surface area contributed by atoms with Gasteiger partial charge in [-0.1, -0.05) is 18.2 Å². The number of hydrogen-bond acceptors (Lipinski definition) is 3. The van der Waals surface area contributed by atoms with Crippen LogP contribution in [0.1, 0.15) is 35.8 Å². The number of benzene rings is 2. The van der Waals surface area contributed by atoms with Gasteiger partial charge in [0.15, 0.2) is 11.6 Å². The Labute approximate surface area is 156 Å². The minimum Gasteiger partial charge on any atom is -0.491 e. The number of carbonyl (C=O) groups is 1. The highest BCUT2D eigenvalue weighted by atomic mass is 19.1. The summed E-state index contributed by atoms with van der Waals surface area (Å²) in [6.45, 7) is 3.88. The molecule has 1 aromatic heterocycles. The van der Waals surface area contributed by atoms with Crippen molar-refractivity contribution in [2.24, 2.45) is 7.05 Å². The van der Waals surface area contributed by atoms with Crippen molar-refractivity contribution in [2.45, 2.75) is 19.9 Å². The third kappa shape index (κ3) is 3.69. The summed E-state index contributed by atoms with van der Waals surface area (Å²) >= 11 is 0. The van der Waals surface area contributed by atoms with E-state index in [0.717, 1.165) is 5.52 Å². The summed E-state index contributed by atoms with van der Waals surface area (Å²) in [5.74, 6) is -0.816. The molecule has 6 heteroatoms. The van der Waals surface area contributed by atoms with E-state index in [4.69, 9.17) is 4.74 Å². The van der Waals surface area contributed by atoms with Crippen LogP contribution in [-0.2, 0) is 7.05 Å². The van der Waals surface area contributed by atoms with E-state index in [1.165, 1.54) is 18.3 Å². The quantitative estimate of drug-likeness (QED) is 0.749. The number of hydrogen-bond donors (Lipinski definition) is 1. The van der Waals surface area contributed by atoms with Gasteiger partial charge in [-0.05, 0) is 43.7 Å². The summed E-state index contributed by atoms with van der Waals surface area (Å²) in [5, 5.41) is 3.24. The molecule has 0 bridgehead atoms. The summed E-state index contributed by atoms with van der Waals surface area (Å²) in [5.41, 5.74) is 1.06. The minimum absolute atomic E-state index is 0.0504. The molecule has 1 atom stereocenters. The van der Waals surface area contributed by atoms with E-state index in [1.54, 1.807) is 43.7 Å². The summed E-state index contributed by atoms with van der Waals surface area (Å²) in [7, 11) is 1.78. The number of halogens is 1. The molecule has 0 saturated heterocycles. The second-order valence-corrected chi connectivity index (χ2v) is 6.32. The van der Waals surface area contributed by atoms with Crippen LogP contribution in [0.2, 0.25) is 0 Å². The molecule has 0 spiro atoms. The van der Waals surface area contributed by atoms with Gasteiger partial charge in [-0.3, -0.25) is 9.59 Å². The molecule has 1 N–H and O–H groups in total. The third-order valence-corrected chi connectivity index (χ3v) is 4.44. The minimum atomic E-state index is -0.497. The Morgan fingerprint density at radius 1 is 1.26 bits per heavy atom. The molecule has 0 aliphatic heterocycles. The first-order valence-electron chi connectivity index (χ1n) is 8.73. The molecule has 3 aromatic rings. The van der Waals surface area contributed by atoms with Crippen molar-refractivity contribution >= 4 is 16.8 Å². The first kappa shape index (κ1) is 18.6. The second-order valence-electron chi connectivity index (χ2n) is 6.32. The summed E-state index contributed by atoms with van der Waals surface area (Å²) < 4.78 is 21.0. The standard InChI is InChI=1S/C21H21FN2O3/c1-4-27-19-10-9-14(11-17(19)22)13(2)23-21(26)16-12-24(3)18-8-6-5-7-15(18)20(16)25/h5-13H,4H2,1-3H3,(H,23,26)/t13-/m0/s1. The van der Waals surface area contributed by atoms with Crippen LogP contribution in [0.25, 0.3) is 10.9 Å². The number of pyridine rings is 1. The van der Waals surface area contributed by atoms with Gasteiger partial charge in [-0.25, -0.2) is 4.39 Å². The number of nitrogens with one attached hydrogen (secondary N) is 1. The number of aromatic nitrogens is 1. The molecular formula is C21H21FN2O3. The number of para-hydroxylation sites is 1. The van der Waals surface area contributed by atoms with Crippen LogP contribution in [0.4, 0.5) is 4.39 Å². The fourth-order valence-electron chi connectivity index (χ4n) is 3.02. The number of fused-ring (bicyclic) bond motifs is 1. The van der Waals surface area contributed by atoms with Gasteiger partial charge in [0.1, 0.15) is 5.56 Å². The molecule has 27 heavy (non-hydrogen) atoms. The lowest BCUT2D eigenvalue weighted by atomic mass is 10.1. The number of rotatable bonds is 5. The van der Waals surface area contributed by atoms with Crippen LogP contribution in [-0.4, -0.2) is 17.1 Å². The van der Waals surface area contributed by atoms with Gasteiger partial charge in [0, 0.05) is 18.6 Å². The highest BCUT2D eigenvalue weighted by Crippen LogP contribution is 2.22. The number of nitrogens with zero attached hydrogens (tertiary/aromatic N) is 1. The van der Waals surface area contributed by atoms with Gasteiger partial charge in [0.05, 0.1) is 18.2 Å². The Kier molecular flexibility index (Phi) is 5.26. The first-order chi connectivity index (χ1) is 12.9. The molecule has 0 aliphatic carbocycles. The van der Waals surface area contributed by atoms with Crippen molar-refractivity contribution in [1.82, 2.24) is 9.88 Å². The van der Waals surface area contributed by atoms with Crippen molar-refractivity contribution < 1.29 is 13.9 Å². The predicted molar refractivity (Wildman–Crippen MR) is 103 cm³/mol. The molecule has 0 saturated carbocycles. The van der Waals surface area contributed by atoms with E-state index in [-0.39, 0.29) is 16.7 Å². The van der Waals surface area contributed by atoms with Gasteiger partial charge in [0.25, 0.3) is 5.91 Å². The number of amides is 1. The molecule has 0 unspecified atom stereocenters. The first-order valence-corrected chi connectivity index (χ1v) is 8.73. The van der Waals surface area contributed by atoms with Crippen LogP contribution in [0.3, 0.4) is 0 Å². The maximum atomic E-state index is 14.1. The van der Waals surface area contributed by atoms with E-state index >= 15 is 0 Å². The van der Waals surface area contributed by atoms with E-state index < -0.39 is 17.8 Å². The molecule has 5 nitrogen and oxygen atoms in total. The zero-order valence-electron chi connectivity index (χ0n) is 15.5. The topological polar surface area (TPSA) is 60.3 Å². The second kappa shape index (κ2) is 7.61. The Bertz CT molecular complexity index is 1060. The van der Waals surface area contributed by atoms with E-state index in [1.807, 2.05) is 12.1 Å². The number of ether oxygens (including phenoxy) is 1. The fraction of sp³-hybridized carbons (Fsp3) is 0.238. The average Bonchev–Trinajstić information content (AvgIpc) is 2.66. The van der Waals surface area contributed by atoms with Gasteiger partial charge in [0.2, 0.25) is 5.43 Å². The van der Waals surface area contributed by atoms with Gasteiger partial charge in [-0.15, -0.1) is 0 Å². The fourth-order valence-corrected chi connectivity index (χ4v) is 3.02. The molecule has 140 valence electrons. The van der Waals surface area contributed by atoms with Crippen LogP contribution < -0.4 is 15.5 Å². The van der Waals surface area contributed by atoms with Crippen LogP contribution in [0, 0.1) is 5.82 Å². The van der Waals surface area contributed by atoms with E-state index in [9.17, 15) is 14.0 Å². The Hall–Kier alpha value is -3.15. The van der Waals surface area contributed by atoms with Gasteiger partial charge in [-0.2, -0.15) is 0 Å². The smallest absolute Gasteiger partial charge is 0.257 e. The molecule has 3 rings (SSSR count). The lowest BCUT2D eigenvalue weighted by Crippen LogP contribution is -2.31. The van der Waals surface area contributed by atoms with Crippen molar-refractivity contribution in [3.63, 3.8) is 0 Å². The highest BCUT2D eigenvalue weighted by molar-refractivity contribution is 5.97. The maximum Gasteiger partial charge on any atom is 0.257 e. The van der Waals surface area contributed by atoms with E-state index in [2.05, 4.69) is 5.32 Å². The van der Waals surface area contributed by atoms with Crippen molar-refractivity contribution in [1.29, 1.82) is 0 Å². The van der Waals surface area contributed by atoms with Crippen molar-refractivity contribution in [2.75, 3.05) is 6.61 Å². The molecular weight excluding hydrogens is 347 g/mol. The molecule has 1 amide bonds. The summed E-state index contributed by atoms with van der Waals surface area (Å²) in [6, 6.07) is 11.2. The molecule has 0 radical (unpaired) electrons. The van der Waals surface area contributed by atoms with Crippen LogP contribution in [0.15, 0.2) is 53.5 Å². The molecule has 2 aromatic carbocycles. The number of carbonyl (C=O) groups excluding carboxylic acids is 1. The van der Waals surface area contributed by atoms with Crippen molar-refractivity contribution in [3.05, 3.63) is 75.8 Å². The summed E-state index contributed by atoms with van der Waals surface area (Å²) in [4.78, 5) is 25.3. The maximum absolute atomic E-state index is 14.1. The molecule has 0 fully saturated rings.